The Labute approximate surface area is 220 Å². The zero-order valence-corrected chi connectivity index (χ0v) is 22.9. The molecule has 0 aromatic rings. The van der Waals surface area contributed by atoms with Gasteiger partial charge in [-0.25, -0.2) is 4.79 Å². The molecule has 2 N–H and O–H groups in total. The third-order valence-corrected chi connectivity index (χ3v) is 8.24. The van der Waals surface area contributed by atoms with Crippen molar-refractivity contribution in [2.75, 3.05) is 6.54 Å². The van der Waals surface area contributed by atoms with E-state index in [1.165, 1.54) is 4.90 Å². The average Bonchev–Trinajstić information content (AvgIpc) is 3.62. The van der Waals surface area contributed by atoms with Gasteiger partial charge < -0.3 is 20.3 Å². The van der Waals surface area contributed by atoms with Gasteiger partial charge in [-0.15, -0.1) is 0 Å². The molecule has 2 aliphatic carbocycles. The number of hydrogen-bond donors (Lipinski definition) is 2. The molecule has 3 unspecified atom stereocenters. The zero-order chi connectivity index (χ0) is 29.0. The van der Waals surface area contributed by atoms with E-state index >= 15 is 0 Å². The van der Waals surface area contributed by atoms with Crippen molar-refractivity contribution >= 4 is 29.5 Å². The monoisotopic (exact) mass is 545 g/mol. The van der Waals surface area contributed by atoms with Gasteiger partial charge in [-0.1, -0.05) is 40.5 Å². The third kappa shape index (κ3) is 5.98. The maximum Gasteiger partial charge on any atom is 0.427 e. The minimum atomic E-state index is -4.82. The summed E-state index contributed by atoms with van der Waals surface area (Å²) >= 11 is 0. The van der Waals surface area contributed by atoms with Crippen LogP contribution in [0.25, 0.3) is 0 Å². The fourth-order valence-corrected chi connectivity index (χ4v) is 5.37. The van der Waals surface area contributed by atoms with Crippen LogP contribution in [0.15, 0.2) is 0 Å². The normalized spacial score (nSPS) is 25.8. The van der Waals surface area contributed by atoms with Gasteiger partial charge in [-0.05, 0) is 49.4 Å². The van der Waals surface area contributed by atoms with Crippen molar-refractivity contribution in [3.05, 3.63) is 0 Å². The highest BCUT2D eigenvalue weighted by atomic mass is 19.4. The van der Waals surface area contributed by atoms with Gasteiger partial charge >= 0.3 is 12.3 Å². The number of amides is 3. The zero-order valence-electron chi connectivity index (χ0n) is 22.9. The Kier molecular flexibility index (Phi) is 7.98. The average molecular weight is 546 g/mol. The fraction of sp³-hybridized carbons (Fsp3) is 0.808. The molecule has 3 amide bonds. The maximum atomic E-state index is 13.6. The summed E-state index contributed by atoms with van der Waals surface area (Å²) in [6.07, 6.45) is -4.06. The number of Topliss-reactive ketones (excluding diaryl/α,β-unsaturated/α-hetero) is 2. The molecule has 1 heterocycles. The van der Waals surface area contributed by atoms with Crippen LogP contribution >= 0.6 is 0 Å². The number of nitrogens with one attached hydrogen (secondary N) is 2. The van der Waals surface area contributed by atoms with E-state index in [9.17, 15) is 37.1 Å². The van der Waals surface area contributed by atoms with Gasteiger partial charge in [0.1, 0.15) is 12.1 Å². The highest BCUT2D eigenvalue weighted by molar-refractivity contribution is 6.38. The number of alkyl carbamates (subject to hydrolysis) is 1. The molecule has 0 radical (unpaired) electrons. The first-order valence-corrected chi connectivity index (χ1v) is 13.0. The Morgan fingerprint density at radius 1 is 1.05 bits per heavy atom. The Morgan fingerprint density at radius 2 is 1.63 bits per heavy atom. The SMILES string of the molecule is CC(=O)C(=O)C(CC1CC1)NC(=O)[C@@H]1C2C(CN1C(=O)[C@@H](NC(=O)OC(C)(C)C(F)(F)F)C(C)C)C2(C)C. The molecular weight excluding hydrogens is 507 g/mol. The number of likely N-dealkylation sites (tertiary alicyclic amines) is 1. The molecule has 5 atom stereocenters. The summed E-state index contributed by atoms with van der Waals surface area (Å²) in [4.78, 5) is 65.1. The molecule has 12 heteroatoms. The minimum absolute atomic E-state index is 0.00322. The van der Waals surface area contributed by atoms with E-state index < -0.39 is 65.3 Å². The molecule has 1 aliphatic heterocycles. The van der Waals surface area contributed by atoms with E-state index in [0.717, 1.165) is 19.8 Å². The summed E-state index contributed by atoms with van der Waals surface area (Å²) in [5.74, 6) is -3.02. The second kappa shape index (κ2) is 10.1. The van der Waals surface area contributed by atoms with Crippen molar-refractivity contribution < 1.29 is 41.9 Å². The number of nitrogens with zero attached hydrogens (tertiary/aromatic N) is 1. The van der Waals surface area contributed by atoms with Crippen LogP contribution in [0.5, 0.6) is 0 Å². The standard InChI is InChI=1S/C26H38F3N3O6/c1-12(2)18(31-23(37)38-25(6,7)26(27,28)29)22(36)32-11-15-17(24(15,4)5)19(32)21(35)30-16(10-14-8-9-14)20(34)13(3)33/h12,14-19H,8-11H2,1-7H3,(H,30,35)(H,31,37)/t15?,16?,17?,18-,19-/m0/s1. The number of carbonyl (C=O) groups excluding carboxylic acids is 5. The summed E-state index contributed by atoms with van der Waals surface area (Å²) in [5, 5.41) is 4.96. The highest BCUT2D eigenvalue weighted by Crippen LogP contribution is 2.65. The number of piperidine rings is 1. The molecule has 1 saturated heterocycles. The van der Waals surface area contributed by atoms with Crippen LogP contribution < -0.4 is 10.6 Å². The van der Waals surface area contributed by atoms with Gasteiger partial charge in [0.15, 0.2) is 5.78 Å². The lowest BCUT2D eigenvalue weighted by atomic mass is 9.96. The van der Waals surface area contributed by atoms with E-state index in [-0.39, 0.29) is 29.7 Å². The quantitative estimate of drug-likeness (QED) is 0.407. The van der Waals surface area contributed by atoms with Crippen molar-refractivity contribution in [2.45, 2.75) is 97.6 Å². The fourth-order valence-electron chi connectivity index (χ4n) is 5.37. The summed E-state index contributed by atoms with van der Waals surface area (Å²) in [6, 6.07) is -3.18. The Morgan fingerprint density at radius 3 is 2.11 bits per heavy atom. The van der Waals surface area contributed by atoms with Gasteiger partial charge in [0.2, 0.25) is 23.2 Å². The molecule has 0 aromatic carbocycles. The maximum absolute atomic E-state index is 13.6. The number of fused-ring (bicyclic) bond motifs is 1. The van der Waals surface area contributed by atoms with E-state index in [1.54, 1.807) is 13.8 Å². The lowest BCUT2D eigenvalue weighted by Gasteiger charge is -2.35. The predicted octanol–water partition coefficient (Wildman–Crippen LogP) is 3.00. The number of ether oxygens (including phenoxy) is 1. The number of ketones is 2. The first kappa shape index (κ1) is 29.9. The lowest BCUT2D eigenvalue weighted by Crippen LogP contribution is -2.59. The molecule has 3 fully saturated rings. The van der Waals surface area contributed by atoms with E-state index in [2.05, 4.69) is 15.4 Å². The van der Waals surface area contributed by atoms with Crippen LogP contribution in [-0.4, -0.2) is 70.8 Å². The van der Waals surface area contributed by atoms with Crippen molar-refractivity contribution in [1.29, 1.82) is 0 Å². The number of carbonyl (C=O) groups is 5. The topological polar surface area (TPSA) is 122 Å². The molecule has 3 rings (SSSR count). The Bertz CT molecular complexity index is 1000. The van der Waals surface area contributed by atoms with E-state index in [0.29, 0.717) is 20.3 Å². The smallest absolute Gasteiger partial charge is 0.427 e. The van der Waals surface area contributed by atoms with Crippen molar-refractivity contribution in [2.24, 2.45) is 29.1 Å². The van der Waals surface area contributed by atoms with Crippen LogP contribution in [-0.2, 0) is 23.9 Å². The van der Waals surface area contributed by atoms with Gasteiger partial charge in [0.05, 0.1) is 6.04 Å². The molecule has 0 bridgehead atoms. The Hall–Kier alpha value is -2.66. The van der Waals surface area contributed by atoms with Crippen LogP contribution in [0.4, 0.5) is 18.0 Å². The molecular formula is C26H38F3N3O6. The van der Waals surface area contributed by atoms with Crippen LogP contribution in [0.2, 0.25) is 0 Å². The van der Waals surface area contributed by atoms with Crippen LogP contribution in [0, 0.1) is 29.1 Å². The van der Waals surface area contributed by atoms with Gasteiger partial charge in [0.25, 0.3) is 0 Å². The Balaban J connectivity index is 1.79. The molecule has 0 aromatic heterocycles. The molecule has 3 aliphatic rings. The summed E-state index contributed by atoms with van der Waals surface area (Å²) in [7, 11) is 0. The first-order chi connectivity index (χ1) is 17.3. The van der Waals surface area contributed by atoms with Crippen molar-refractivity contribution in [3.8, 4) is 0 Å². The van der Waals surface area contributed by atoms with E-state index in [1.807, 2.05) is 13.8 Å². The summed E-state index contributed by atoms with van der Waals surface area (Å²) in [6.45, 7) is 9.96. The first-order valence-electron chi connectivity index (χ1n) is 13.0. The number of rotatable bonds is 10. The second-order valence-electron chi connectivity index (χ2n) is 12.3. The van der Waals surface area contributed by atoms with Crippen LogP contribution in [0.1, 0.15) is 67.7 Å². The molecule has 9 nitrogen and oxygen atoms in total. The number of halogens is 3. The summed E-state index contributed by atoms with van der Waals surface area (Å²) in [5.41, 5.74) is -3.02. The molecule has 0 spiro atoms. The highest BCUT2D eigenvalue weighted by Gasteiger charge is 2.69. The molecule has 38 heavy (non-hydrogen) atoms. The number of alkyl halides is 3. The molecule has 2 saturated carbocycles. The third-order valence-electron chi connectivity index (χ3n) is 8.24. The van der Waals surface area contributed by atoms with Crippen molar-refractivity contribution in [1.82, 2.24) is 15.5 Å². The molecule has 214 valence electrons. The van der Waals surface area contributed by atoms with E-state index in [4.69, 9.17) is 0 Å². The van der Waals surface area contributed by atoms with Crippen LogP contribution in [0.3, 0.4) is 0 Å². The summed E-state index contributed by atoms with van der Waals surface area (Å²) < 4.78 is 44.1. The van der Waals surface area contributed by atoms with Crippen molar-refractivity contribution in [3.63, 3.8) is 0 Å². The van der Waals surface area contributed by atoms with Gasteiger partial charge in [-0.3, -0.25) is 19.2 Å². The van der Waals surface area contributed by atoms with Gasteiger partial charge in [0, 0.05) is 13.5 Å². The largest absolute Gasteiger partial charge is 0.434 e. The number of hydrogen-bond acceptors (Lipinski definition) is 6. The lowest BCUT2D eigenvalue weighted by molar-refractivity contribution is -0.244. The minimum Gasteiger partial charge on any atom is -0.434 e. The predicted molar refractivity (Wildman–Crippen MR) is 130 cm³/mol. The van der Waals surface area contributed by atoms with Gasteiger partial charge in [-0.2, -0.15) is 13.2 Å². The second-order valence-corrected chi connectivity index (χ2v) is 12.3.